The second kappa shape index (κ2) is 10.6. The smallest absolute Gasteiger partial charge is 0.257 e. The van der Waals surface area contributed by atoms with Crippen molar-refractivity contribution >= 4 is 11.8 Å². The fourth-order valence-corrected chi connectivity index (χ4v) is 4.70. The number of aromatic nitrogens is 1. The Balaban J connectivity index is 1.56. The second-order valence-corrected chi connectivity index (χ2v) is 8.62. The molecule has 1 aliphatic heterocycles. The lowest BCUT2D eigenvalue weighted by Crippen LogP contribution is -2.38. The van der Waals surface area contributed by atoms with E-state index in [1.54, 1.807) is 11.7 Å². The molecule has 1 aliphatic carbocycles. The SMILES string of the molecule is COc1cccc(CNC(=O)c2c(OC)cc(=O)n3c2CCN(C(=O)C2CC=CCC2)CC3)c1. The number of fused-ring (bicyclic) bond motifs is 1. The molecular formula is C26H31N3O5. The van der Waals surface area contributed by atoms with Crippen molar-refractivity contribution in [3.63, 3.8) is 0 Å². The molecule has 2 aliphatic rings. The number of hydrogen-bond donors (Lipinski definition) is 1. The van der Waals surface area contributed by atoms with Crippen LogP contribution < -0.4 is 20.3 Å². The van der Waals surface area contributed by atoms with E-state index < -0.39 is 0 Å². The van der Waals surface area contributed by atoms with Gasteiger partial charge in [0.2, 0.25) is 5.91 Å². The van der Waals surface area contributed by atoms with Crippen LogP contribution in [0.25, 0.3) is 0 Å². The van der Waals surface area contributed by atoms with Crippen LogP contribution in [0, 0.1) is 5.92 Å². The molecule has 0 saturated carbocycles. The zero-order chi connectivity index (χ0) is 24.1. The first-order valence-corrected chi connectivity index (χ1v) is 11.7. The number of benzene rings is 1. The fourth-order valence-electron chi connectivity index (χ4n) is 4.70. The summed E-state index contributed by atoms with van der Waals surface area (Å²) in [5.41, 5.74) is 1.61. The minimum Gasteiger partial charge on any atom is -0.497 e. The number of allylic oxidation sites excluding steroid dienone is 2. The highest BCUT2D eigenvalue weighted by molar-refractivity contribution is 5.98. The molecule has 0 bridgehead atoms. The van der Waals surface area contributed by atoms with Gasteiger partial charge in [-0.3, -0.25) is 14.4 Å². The molecule has 34 heavy (non-hydrogen) atoms. The van der Waals surface area contributed by atoms with Gasteiger partial charge in [-0.15, -0.1) is 0 Å². The standard InChI is InChI=1S/C26H31N3O5/c1-33-20-10-6-7-18(15-20)17-27-25(31)24-21-11-12-28(26(32)19-8-4-3-5-9-19)13-14-29(21)23(30)16-22(24)34-2/h3-4,6-7,10,15-16,19H,5,8-9,11-14,17H2,1-2H3,(H,27,31). The lowest BCUT2D eigenvalue weighted by Gasteiger charge is -2.26. The summed E-state index contributed by atoms with van der Waals surface area (Å²) >= 11 is 0. The van der Waals surface area contributed by atoms with Crippen molar-refractivity contribution in [3.8, 4) is 11.5 Å². The Kier molecular flexibility index (Phi) is 7.35. The van der Waals surface area contributed by atoms with Gasteiger partial charge in [0.05, 0.1) is 14.2 Å². The van der Waals surface area contributed by atoms with Crippen molar-refractivity contribution in [2.24, 2.45) is 5.92 Å². The third kappa shape index (κ3) is 5.00. The number of hydrogen-bond acceptors (Lipinski definition) is 5. The van der Waals surface area contributed by atoms with Gasteiger partial charge in [0.1, 0.15) is 17.1 Å². The average molecular weight is 466 g/mol. The zero-order valence-electron chi connectivity index (χ0n) is 19.7. The molecule has 1 unspecified atom stereocenters. The van der Waals surface area contributed by atoms with Gasteiger partial charge >= 0.3 is 0 Å². The van der Waals surface area contributed by atoms with Gasteiger partial charge in [-0.2, -0.15) is 0 Å². The average Bonchev–Trinajstić information content (AvgIpc) is 3.11. The summed E-state index contributed by atoms with van der Waals surface area (Å²) < 4.78 is 12.3. The van der Waals surface area contributed by atoms with Crippen LogP contribution in [0.5, 0.6) is 11.5 Å². The van der Waals surface area contributed by atoms with Crippen LogP contribution in [0.3, 0.4) is 0 Å². The minimum absolute atomic E-state index is 0.0110. The maximum absolute atomic E-state index is 13.3. The van der Waals surface area contributed by atoms with Crippen molar-refractivity contribution in [3.05, 3.63) is 69.7 Å². The number of carbonyl (C=O) groups excluding carboxylic acids is 2. The molecule has 1 N–H and O–H groups in total. The van der Waals surface area contributed by atoms with Gasteiger partial charge in [0, 0.05) is 50.3 Å². The first kappa shape index (κ1) is 23.6. The Morgan fingerprint density at radius 2 is 1.94 bits per heavy atom. The van der Waals surface area contributed by atoms with E-state index in [2.05, 4.69) is 17.5 Å². The molecular weight excluding hydrogens is 434 g/mol. The number of pyridine rings is 1. The van der Waals surface area contributed by atoms with E-state index in [0.717, 1.165) is 24.8 Å². The largest absolute Gasteiger partial charge is 0.497 e. The number of nitrogens with one attached hydrogen (secondary N) is 1. The fraction of sp³-hybridized carbons (Fsp3) is 0.423. The summed E-state index contributed by atoms with van der Waals surface area (Å²) in [6.45, 7) is 1.56. The van der Waals surface area contributed by atoms with Crippen molar-refractivity contribution in [1.82, 2.24) is 14.8 Å². The number of methoxy groups -OCH3 is 2. The van der Waals surface area contributed by atoms with Crippen LogP contribution in [-0.2, 0) is 24.3 Å². The predicted molar refractivity (Wildman–Crippen MR) is 128 cm³/mol. The number of ether oxygens (including phenoxy) is 2. The van der Waals surface area contributed by atoms with E-state index in [1.807, 2.05) is 29.2 Å². The van der Waals surface area contributed by atoms with E-state index >= 15 is 0 Å². The topological polar surface area (TPSA) is 89.9 Å². The molecule has 1 atom stereocenters. The van der Waals surface area contributed by atoms with E-state index in [4.69, 9.17) is 9.47 Å². The number of amides is 2. The molecule has 180 valence electrons. The Labute approximate surface area is 199 Å². The van der Waals surface area contributed by atoms with Gasteiger partial charge in [-0.05, 0) is 37.0 Å². The molecule has 0 spiro atoms. The molecule has 2 aromatic rings. The van der Waals surface area contributed by atoms with Gasteiger partial charge in [-0.25, -0.2) is 0 Å². The van der Waals surface area contributed by atoms with Crippen molar-refractivity contribution < 1.29 is 19.1 Å². The van der Waals surface area contributed by atoms with Gasteiger partial charge < -0.3 is 24.3 Å². The molecule has 2 amide bonds. The van der Waals surface area contributed by atoms with Crippen LogP contribution in [0.4, 0.5) is 0 Å². The van der Waals surface area contributed by atoms with Crippen LogP contribution >= 0.6 is 0 Å². The molecule has 0 radical (unpaired) electrons. The Morgan fingerprint density at radius 3 is 2.68 bits per heavy atom. The number of carbonyl (C=O) groups is 2. The van der Waals surface area contributed by atoms with Crippen LogP contribution in [0.15, 0.2) is 47.3 Å². The lowest BCUT2D eigenvalue weighted by atomic mass is 9.93. The van der Waals surface area contributed by atoms with Crippen LogP contribution in [0.2, 0.25) is 0 Å². The first-order chi connectivity index (χ1) is 16.5. The Bertz CT molecular complexity index is 1150. The third-order valence-electron chi connectivity index (χ3n) is 6.56. The summed E-state index contributed by atoms with van der Waals surface area (Å²) in [4.78, 5) is 41.0. The van der Waals surface area contributed by atoms with E-state index in [9.17, 15) is 14.4 Å². The van der Waals surface area contributed by atoms with Gasteiger partial charge in [0.15, 0.2) is 0 Å². The van der Waals surface area contributed by atoms with Crippen LogP contribution in [0.1, 0.15) is 40.9 Å². The van der Waals surface area contributed by atoms with Crippen LogP contribution in [-0.4, -0.2) is 48.6 Å². The van der Waals surface area contributed by atoms with Gasteiger partial charge in [0.25, 0.3) is 11.5 Å². The molecule has 8 heteroatoms. The quantitative estimate of drug-likeness (QED) is 0.663. The number of nitrogens with zero attached hydrogens (tertiary/aromatic N) is 2. The highest BCUT2D eigenvalue weighted by atomic mass is 16.5. The van der Waals surface area contributed by atoms with E-state index in [1.165, 1.54) is 13.2 Å². The maximum Gasteiger partial charge on any atom is 0.257 e. The maximum atomic E-state index is 13.3. The third-order valence-corrected chi connectivity index (χ3v) is 6.56. The molecule has 0 saturated heterocycles. The molecule has 0 fully saturated rings. The molecule has 4 rings (SSSR count). The van der Waals surface area contributed by atoms with Gasteiger partial charge in [-0.1, -0.05) is 24.3 Å². The highest BCUT2D eigenvalue weighted by Crippen LogP contribution is 2.25. The summed E-state index contributed by atoms with van der Waals surface area (Å²) in [6.07, 6.45) is 7.11. The second-order valence-electron chi connectivity index (χ2n) is 8.62. The Morgan fingerprint density at radius 1 is 1.09 bits per heavy atom. The summed E-state index contributed by atoms with van der Waals surface area (Å²) in [5.74, 6) is 0.754. The molecule has 8 nitrogen and oxygen atoms in total. The lowest BCUT2D eigenvalue weighted by molar-refractivity contribution is -0.135. The summed E-state index contributed by atoms with van der Waals surface area (Å²) in [7, 11) is 3.05. The molecule has 2 heterocycles. The summed E-state index contributed by atoms with van der Waals surface area (Å²) in [6, 6.07) is 8.82. The van der Waals surface area contributed by atoms with Crippen molar-refractivity contribution in [1.29, 1.82) is 0 Å². The first-order valence-electron chi connectivity index (χ1n) is 11.7. The number of rotatable bonds is 6. The predicted octanol–water partition coefficient (Wildman–Crippen LogP) is 2.54. The normalized spacial score (nSPS) is 17.5. The molecule has 1 aromatic heterocycles. The van der Waals surface area contributed by atoms with E-state index in [-0.39, 0.29) is 29.0 Å². The zero-order valence-corrected chi connectivity index (χ0v) is 19.7. The van der Waals surface area contributed by atoms with Crippen molar-refractivity contribution in [2.75, 3.05) is 27.3 Å². The highest BCUT2D eigenvalue weighted by Gasteiger charge is 2.29. The van der Waals surface area contributed by atoms with E-state index in [0.29, 0.717) is 49.6 Å². The summed E-state index contributed by atoms with van der Waals surface area (Å²) in [5, 5.41) is 2.94. The molecule has 1 aromatic carbocycles. The monoisotopic (exact) mass is 465 g/mol. The minimum atomic E-state index is -0.319. The van der Waals surface area contributed by atoms with Crippen molar-refractivity contribution in [2.45, 2.75) is 38.8 Å². The Hall–Kier alpha value is -3.55.